The Bertz CT molecular complexity index is 666. The van der Waals surface area contributed by atoms with Gasteiger partial charge in [0.15, 0.2) is 0 Å². The molecular weight excluding hydrogens is 362 g/mol. The minimum atomic E-state index is -0.833. The van der Waals surface area contributed by atoms with Crippen LogP contribution in [-0.2, 0) is 22.6 Å². The monoisotopic (exact) mass is 399 g/mol. The predicted octanol–water partition coefficient (Wildman–Crippen LogP) is 5.40. The molecule has 0 bridgehead atoms. The molecule has 2 aromatic rings. The highest BCUT2D eigenvalue weighted by atomic mass is 16.5. The summed E-state index contributed by atoms with van der Waals surface area (Å²) in [5.74, 6) is -0.833. The molecule has 0 unspecified atom stereocenters. The van der Waals surface area contributed by atoms with E-state index >= 15 is 0 Å². The van der Waals surface area contributed by atoms with Gasteiger partial charge < -0.3 is 9.84 Å². The van der Waals surface area contributed by atoms with Gasteiger partial charge >= 0.3 is 0 Å². The van der Waals surface area contributed by atoms with Gasteiger partial charge in [-0.2, -0.15) is 0 Å². The van der Waals surface area contributed by atoms with Crippen LogP contribution in [0.4, 0.5) is 0 Å². The first-order valence-electron chi connectivity index (χ1n) is 10.6. The standard InChI is InChI=1S/C23H33NO.C2H4O2/c1-4-16-24(6-3)23(5-2)19-25-18-22-14-12-21(13-15-22)17-20-10-8-7-9-11-20;1-2(3)4/h7-15,23H,4-6,16-19H2,1-3H3;1H3,(H,3,4)/t23-;/m1./s1. The molecule has 1 atom stereocenters. The third-order valence-electron chi connectivity index (χ3n) is 4.76. The van der Waals surface area contributed by atoms with E-state index in [0.29, 0.717) is 12.6 Å². The number of likely N-dealkylation sites (N-methyl/N-ethyl adjacent to an activating group) is 1. The first kappa shape index (κ1) is 24.9. The van der Waals surface area contributed by atoms with Crippen LogP contribution in [0.5, 0.6) is 0 Å². The molecule has 2 rings (SSSR count). The van der Waals surface area contributed by atoms with E-state index in [9.17, 15) is 0 Å². The number of rotatable bonds is 11. The highest BCUT2D eigenvalue weighted by Crippen LogP contribution is 2.12. The Morgan fingerprint density at radius 1 is 0.966 bits per heavy atom. The van der Waals surface area contributed by atoms with Gasteiger partial charge in [0.05, 0.1) is 13.2 Å². The summed E-state index contributed by atoms with van der Waals surface area (Å²) in [6, 6.07) is 20.0. The lowest BCUT2D eigenvalue weighted by atomic mass is 10.0. The molecule has 0 aliphatic rings. The highest BCUT2D eigenvalue weighted by molar-refractivity contribution is 5.62. The van der Waals surface area contributed by atoms with E-state index in [4.69, 9.17) is 14.6 Å². The van der Waals surface area contributed by atoms with Gasteiger partial charge in [-0.3, -0.25) is 9.69 Å². The molecule has 0 spiro atoms. The molecule has 0 amide bonds. The van der Waals surface area contributed by atoms with E-state index in [2.05, 4.69) is 80.3 Å². The van der Waals surface area contributed by atoms with Gasteiger partial charge in [0.2, 0.25) is 0 Å². The zero-order chi connectivity index (χ0) is 21.5. The Hall–Kier alpha value is -2.17. The second-order valence-corrected chi connectivity index (χ2v) is 7.20. The SMILES string of the molecule is CC(=O)O.CCCN(CC)[C@H](CC)COCc1ccc(Cc2ccccc2)cc1. The number of hydrogen-bond donors (Lipinski definition) is 1. The molecule has 29 heavy (non-hydrogen) atoms. The number of nitrogens with zero attached hydrogens (tertiary/aromatic N) is 1. The smallest absolute Gasteiger partial charge is 0.300 e. The van der Waals surface area contributed by atoms with E-state index in [1.165, 1.54) is 23.1 Å². The first-order chi connectivity index (χ1) is 14.0. The Kier molecular flexibility index (Phi) is 12.7. The van der Waals surface area contributed by atoms with Crippen LogP contribution in [0.25, 0.3) is 0 Å². The van der Waals surface area contributed by atoms with Gasteiger partial charge in [0.1, 0.15) is 0 Å². The second-order valence-electron chi connectivity index (χ2n) is 7.20. The van der Waals surface area contributed by atoms with Gasteiger partial charge in [-0.25, -0.2) is 0 Å². The molecule has 0 fully saturated rings. The molecule has 0 aliphatic heterocycles. The molecule has 0 saturated heterocycles. The Morgan fingerprint density at radius 3 is 2.03 bits per heavy atom. The molecule has 0 heterocycles. The molecule has 0 aliphatic carbocycles. The lowest BCUT2D eigenvalue weighted by Crippen LogP contribution is -2.38. The Balaban J connectivity index is 0.000000960. The molecule has 0 aromatic heterocycles. The fourth-order valence-electron chi connectivity index (χ4n) is 3.27. The predicted molar refractivity (Wildman–Crippen MR) is 120 cm³/mol. The third-order valence-corrected chi connectivity index (χ3v) is 4.76. The summed E-state index contributed by atoms with van der Waals surface area (Å²) in [7, 11) is 0. The van der Waals surface area contributed by atoms with Crippen molar-refractivity contribution in [2.24, 2.45) is 0 Å². The minimum Gasteiger partial charge on any atom is -0.481 e. The summed E-state index contributed by atoms with van der Waals surface area (Å²) in [6.45, 7) is 11.6. The molecule has 1 N–H and O–H groups in total. The molecule has 0 saturated carbocycles. The molecular formula is C25H37NO3. The summed E-state index contributed by atoms with van der Waals surface area (Å²) in [6.07, 6.45) is 3.33. The number of carbonyl (C=O) groups is 1. The van der Waals surface area contributed by atoms with E-state index in [1.54, 1.807) is 0 Å². The van der Waals surface area contributed by atoms with E-state index in [1.807, 2.05) is 0 Å². The van der Waals surface area contributed by atoms with Crippen LogP contribution in [0, 0.1) is 0 Å². The van der Waals surface area contributed by atoms with E-state index < -0.39 is 5.97 Å². The van der Waals surface area contributed by atoms with Gasteiger partial charge in [-0.1, -0.05) is 75.4 Å². The third kappa shape index (κ3) is 10.8. The zero-order valence-electron chi connectivity index (χ0n) is 18.4. The van der Waals surface area contributed by atoms with Crippen molar-refractivity contribution in [1.29, 1.82) is 0 Å². The van der Waals surface area contributed by atoms with Crippen molar-refractivity contribution in [1.82, 2.24) is 4.90 Å². The fraction of sp³-hybridized carbons (Fsp3) is 0.480. The molecule has 160 valence electrons. The maximum Gasteiger partial charge on any atom is 0.300 e. The summed E-state index contributed by atoms with van der Waals surface area (Å²) in [5, 5.41) is 7.42. The number of carboxylic acid groups (broad SMARTS) is 1. The highest BCUT2D eigenvalue weighted by Gasteiger charge is 2.14. The lowest BCUT2D eigenvalue weighted by Gasteiger charge is -2.29. The van der Waals surface area contributed by atoms with Crippen molar-refractivity contribution in [2.75, 3.05) is 19.7 Å². The van der Waals surface area contributed by atoms with E-state index in [-0.39, 0.29) is 0 Å². The summed E-state index contributed by atoms with van der Waals surface area (Å²) in [5.41, 5.74) is 3.96. The Morgan fingerprint density at radius 2 is 1.52 bits per heavy atom. The summed E-state index contributed by atoms with van der Waals surface area (Å²) < 4.78 is 6.02. The van der Waals surface area contributed by atoms with Gasteiger partial charge in [-0.05, 0) is 49.0 Å². The van der Waals surface area contributed by atoms with Crippen molar-refractivity contribution < 1.29 is 14.6 Å². The number of ether oxygens (including phenoxy) is 1. The number of hydrogen-bond acceptors (Lipinski definition) is 3. The van der Waals surface area contributed by atoms with Crippen LogP contribution in [-0.4, -0.2) is 41.7 Å². The molecule has 0 radical (unpaired) electrons. The lowest BCUT2D eigenvalue weighted by molar-refractivity contribution is -0.134. The van der Waals surface area contributed by atoms with Gasteiger partial charge in [-0.15, -0.1) is 0 Å². The largest absolute Gasteiger partial charge is 0.481 e. The zero-order valence-corrected chi connectivity index (χ0v) is 18.4. The van der Waals surface area contributed by atoms with Crippen LogP contribution in [0.3, 0.4) is 0 Å². The average Bonchev–Trinajstić information content (AvgIpc) is 2.71. The molecule has 4 heteroatoms. The van der Waals surface area contributed by atoms with Crippen molar-refractivity contribution >= 4 is 5.97 Å². The van der Waals surface area contributed by atoms with Gasteiger partial charge in [0, 0.05) is 13.0 Å². The maximum absolute atomic E-state index is 9.00. The van der Waals surface area contributed by atoms with Crippen molar-refractivity contribution in [3.05, 3.63) is 71.3 Å². The van der Waals surface area contributed by atoms with Crippen LogP contribution in [0.2, 0.25) is 0 Å². The quantitative estimate of drug-likeness (QED) is 0.550. The summed E-state index contributed by atoms with van der Waals surface area (Å²) >= 11 is 0. The van der Waals surface area contributed by atoms with E-state index in [0.717, 1.165) is 39.5 Å². The van der Waals surface area contributed by atoms with Crippen molar-refractivity contribution in [2.45, 2.75) is 59.6 Å². The Labute approximate surface area is 176 Å². The molecule has 4 nitrogen and oxygen atoms in total. The fourth-order valence-corrected chi connectivity index (χ4v) is 3.27. The minimum absolute atomic E-state index is 0.530. The topological polar surface area (TPSA) is 49.8 Å². The van der Waals surface area contributed by atoms with Crippen LogP contribution in [0.1, 0.15) is 57.2 Å². The number of benzene rings is 2. The average molecular weight is 400 g/mol. The van der Waals surface area contributed by atoms with Crippen LogP contribution < -0.4 is 0 Å². The van der Waals surface area contributed by atoms with Gasteiger partial charge in [0.25, 0.3) is 5.97 Å². The van der Waals surface area contributed by atoms with Crippen LogP contribution in [0.15, 0.2) is 54.6 Å². The maximum atomic E-state index is 9.00. The normalized spacial score (nSPS) is 11.6. The number of aliphatic carboxylic acids is 1. The second kappa shape index (κ2) is 14.8. The number of carboxylic acids is 1. The van der Waals surface area contributed by atoms with Crippen LogP contribution >= 0.6 is 0 Å². The molecule has 2 aromatic carbocycles. The first-order valence-corrected chi connectivity index (χ1v) is 10.6. The summed E-state index contributed by atoms with van der Waals surface area (Å²) in [4.78, 5) is 11.5. The van der Waals surface area contributed by atoms with Crippen molar-refractivity contribution in [3.63, 3.8) is 0 Å². The van der Waals surface area contributed by atoms with Crippen molar-refractivity contribution in [3.8, 4) is 0 Å².